The number of anilines is 1. The molecule has 25 heavy (non-hydrogen) atoms. The van der Waals surface area contributed by atoms with E-state index in [4.69, 9.17) is 0 Å². The van der Waals surface area contributed by atoms with Gasteiger partial charge in [-0.3, -0.25) is 19.7 Å². The molecule has 0 spiro atoms. The molecule has 1 saturated heterocycles. The van der Waals surface area contributed by atoms with Crippen LogP contribution in [-0.2, 0) is 4.79 Å². The molecule has 0 bridgehead atoms. The van der Waals surface area contributed by atoms with Gasteiger partial charge in [-0.25, -0.2) is 0 Å². The molecule has 1 N–H and O–H groups in total. The van der Waals surface area contributed by atoms with Gasteiger partial charge in [0.1, 0.15) is 0 Å². The van der Waals surface area contributed by atoms with Crippen LogP contribution >= 0.6 is 0 Å². The van der Waals surface area contributed by atoms with Crippen molar-refractivity contribution in [3.05, 3.63) is 70.3 Å². The predicted molar refractivity (Wildman–Crippen MR) is 92.3 cm³/mol. The fourth-order valence-corrected chi connectivity index (χ4v) is 2.85. The van der Waals surface area contributed by atoms with Gasteiger partial charge in [-0.1, -0.05) is 18.2 Å². The van der Waals surface area contributed by atoms with Crippen molar-refractivity contribution in [1.82, 2.24) is 5.32 Å². The zero-order chi connectivity index (χ0) is 17.8. The van der Waals surface area contributed by atoms with Crippen LogP contribution in [0.15, 0.2) is 54.6 Å². The summed E-state index contributed by atoms with van der Waals surface area (Å²) in [5.74, 6) is -0.226. The van der Waals surface area contributed by atoms with Gasteiger partial charge in [0.25, 0.3) is 11.6 Å². The lowest BCUT2D eigenvalue weighted by atomic mass is 10.1. The van der Waals surface area contributed by atoms with Gasteiger partial charge in [0.2, 0.25) is 5.91 Å². The predicted octanol–water partition coefficient (Wildman–Crippen LogP) is 2.38. The fraction of sp³-hybridized carbons (Fsp3) is 0.222. The average molecular weight is 339 g/mol. The molecule has 7 nitrogen and oxygen atoms in total. The van der Waals surface area contributed by atoms with Gasteiger partial charge in [0.15, 0.2) is 0 Å². The van der Waals surface area contributed by atoms with Gasteiger partial charge in [0, 0.05) is 48.8 Å². The van der Waals surface area contributed by atoms with Crippen LogP contribution in [0.1, 0.15) is 16.8 Å². The molecule has 128 valence electrons. The van der Waals surface area contributed by atoms with Crippen LogP contribution in [0.5, 0.6) is 0 Å². The lowest BCUT2D eigenvalue weighted by Crippen LogP contribution is -2.31. The summed E-state index contributed by atoms with van der Waals surface area (Å²) in [4.78, 5) is 36.1. The maximum Gasteiger partial charge on any atom is 0.269 e. The van der Waals surface area contributed by atoms with E-state index < -0.39 is 4.92 Å². The lowest BCUT2D eigenvalue weighted by molar-refractivity contribution is -0.384. The summed E-state index contributed by atoms with van der Waals surface area (Å²) in [6.07, 6.45) is 0.384. The van der Waals surface area contributed by atoms with Gasteiger partial charge in [-0.2, -0.15) is 0 Å². The summed E-state index contributed by atoms with van der Waals surface area (Å²) in [7, 11) is 0. The molecule has 2 aromatic carbocycles. The summed E-state index contributed by atoms with van der Waals surface area (Å²) in [6, 6.07) is 14.9. The molecule has 1 aliphatic rings. The number of carbonyl (C=O) groups excluding carboxylic acids is 2. The molecule has 1 fully saturated rings. The highest BCUT2D eigenvalue weighted by molar-refractivity contribution is 5.96. The van der Waals surface area contributed by atoms with Crippen molar-refractivity contribution in [3.8, 4) is 0 Å². The number of nitrogens with zero attached hydrogens (tertiary/aromatic N) is 2. The number of nitro benzene ring substituents is 1. The van der Waals surface area contributed by atoms with Crippen molar-refractivity contribution in [2.75, 3.05) is 18.0 Å². The number of rotatable bonds is 5. The Morgan fingerprint density at radius 1 is 1.16 bits per heavy atom. The summed E-state index contributed by atoms with van der Waals surface area (Å²) in [6.45, 7) is 0.939. The van der Waals surface area contributed by atoms with Crippen molar-refractivity contribution >= 4 is 23.2 Å². The third-order valence-electron chi connectivity index (χ3n) is 4.16. The van der Waals surface area contributed by atoms with Crippen LogP contribution in [0.3, 0.4) is 0 Å². The lowest BCUT2D eigenvalue weighted by Gasteiger charge is -2.16. The Kier molecular flexibility index (Phi) is 4.74. The van der Waals surface area contributed by atoms with Crippen LogP contribution in [0, 0.1) is 16.0 Å². The molecule has 0 saturated carbocycles. The molecule has 3 rings (SSSR count). The first-order chi connectivity index (χ1) is 12.0. The summed E-state index contributed by atoms with van der Waals surface area (Å²) in [5.41, 5.74) is 1.16. The van der Waals surface area contributed by atoms with E-state index in [1.165, 1.54) is 24.3 Å². The minimum absolute atomic E-state index is 0.0368. The van der Waals surface area contributed by atoms with Crippen molar-refractivity contribution < 1.29 is 14.5 Å². The number of hydrogen-bond donors (Lipinski definition) is 1. The normalized spacial score (nSPS) is 16.7. The Labute approximate surface area is 144 Å². The molecule has 0 aliphatic carbocycles. The fourth-order valence-electron chi connectivity index (χ4n) is 2.85. The molecule has 2 amide bonds. The zero-order valence-corrected chi connectivity index (χ0v) is 13.4. The third-order valence-corrected chi connectivity index (χ3v) is 4.16. The van der Waals surface area contributed by atoms with Crippen LogP contribution in [0.25, 0.3) is 0 Å². The summed E-state index contributed by atoms with van der Waals surface area (Å²) in [5, 5.41) is 13.4. The van der Waals surface area contributed by atoms with Crippen molar-refractivity contribution in [2.24, 2.45) is 5.92 Å². The van der Waals surface area contributed by atoms with E-state index in [1.54, 1.807) is 4.90 Å². The van der Waals surface area contributed by atoms with E-state index in [-0.39, 0.29) is 23.4 Å². The van der Waals surface area contributed by atoms with Gasteiger partial charge in [0.05, 0.1) is 4.92 Å². The van der Waals surface area contributed by atoms with Crippen molar-refractivity contribution in [3.63, 3.8) is 0 Å². The molecule has 1 atom stereocenters. The topological polar surface area (TPSA) is 92.6 Å². The average Bonchev–Trinajstić information content (AvgIpc) is 3.01. The smallest absolute Gasteiger partial charge is 0.269 e. The SMILES string of the molecule is O=C(NCC1CC(=O)N(c2ccccc2)C1)c1ccc([N+](=O)[O-])cc1. The minimum Gasteiger partial charge on any atom is -0.352 e. The van der Waals surface area contributed by atoms with E-state index in [9.17, 15) is 19.7 Å². The van der Waals surface area contributed by atoms with Gasteiger partial charge >= 0.3 is 0 Å². The number of carbonyl (C=O) groups is 2. The first-order valence-electron chi connectivity index (χ1n) is 7.92. The summed E-state index contributed by atoms with van der Waals surface area (Å²) >= 11 is 0. The van der Waals surface area contributed by atoms with E-state index in [1.807, 2.05) is 30.3 Å². The number of para-hydroxylation sites is 1. The zero-order valence-electron chi connectivity index (χ0n) is 13.4. The second kappa shape index (κ2) is 7.12. The molecule has 7 heteroatoms. The molecule has 1 aliphatic heterocycles. The Morgan fingerprint density at radius 2 is 1.84 bits per heavy atom. The summed E-state index contributed by atoms with van der Waals surface area (Å²) < 4.78 is 0. The highest BCUT2D eigenvalue weighted by Crippen LogP contribution is 2.24. The number of benzene rings is 2. The molecule has 1 unspecified atom stereocenters. The highest BCUT2D eigenvalue weighted by atomic mass is 16.6. The van der Waals surface area contributed by atoms with Gasteiger partial charge in [-0.15, -0.1) is 0 Å². The number of amides is 2. The number of nitro groups is 1. The Morgan fingerprint density at radius 3 is 2.48 bits per heavy atom. The maximum atomic E-state index is 12.2. The quantitative estimate of drug-likeness (QED) is 0.668. The van der Waals surface area contributed by atoms with Crippen LogP contribution < -0.4 is 10.2 Å². The van der Waals surface area contributed by atoms with Gasteiger partial charge in [-0.05, 0) is 24.3 Å². The Hall–Kier alpha value is -3.22. The van der Waals surface area contributed by atoms with Crippen LogP contribution in [0.2, 0.25) is 0 Å². The standard InChI is InChI=1S/C18H17N3O4/c22-17-10-13(12-20(17)15-4-2-1-3-5-15)11-19-18(23)14-6-8-16(9-7-14)21(24)25/h1-9,13H,10-12H2,(H,19,23). The Balaban J connectivity index is 1.56. The molecule has 0 radical (unpaired) electrons. The second-order valence-electron chi connectivity index (χ2n) is 5.92. The van der Waals surface area contributed by atoms with E-state index in [2.05, 4.69) is 5.32 Å². The molecular formula is C18H17N3O4. The van der Waals surface area contributed by atoms with Gasteiger partial charge < -0.3 is 10.2 Å². The number of hydrogen-bond acceptors (Lipinski definition) is 4. The van der Waals surface area contributed by atoms with Crippen molar-refractivity contribution in [1.29, 1.82) is 0 Å². The minimum atomic E-state index is -0.510. The number of non-ortho nitro benzene ring substituents is 1. The highest BCUT2D eigenvalue weighted by Gasteiger charge is 2.30. The molecule has 1 heterocycles. The van der Waals surface area contributed by atoms with Crippen LogP contribution in [-0.4, -0.2) is 29.8 Å². The Bertz CT molecular complexity index is 790. The maximum absolute atomic E-state index is 12.2. The first kappa shape index (κ1) is 16.6. The van der Waals surface area contributed by atoms with Crippen LogP contribution in [0.4, 0.5) is 11.4 Å². The monoisotopic (exact) mass is 339 g/mol. The molecular weight excluding hydrogens is 322 g/mol. The first-order valence-corrected chi connectivity index (χ1v) is 7.92. The number of nitrogens with one attached hydrogen (secondary N) is 1. The molecule has 0 aromatic heterocycles. The van der Waals surface area contributed by atoms with E-state index >= 15 is 0 Å². The second-order valence-corrected chi connectivity index (χ2v) is 5.92. The molecule has 2 aromatic rings. The largest absolute Gasteiger partial charge is 0.352 e. The van der Waals surface area contributed by atoms with Crippen molar-refractivity contribution in [2.45, 2.75) is 6.42 Å². The third kappa shape index (κ3) is 3.82. The van der Waals surface area contributed by atoms with E-state index in [0.29, 0.717) is 25.1 Å². The van der Waals surface area contributed by atoms with E-state index in [0.717, 1.165) is 5.69 Å².